The fourth-order valence-electron chi connectivity index (χ4n) is 4.08. The summed E-state index contributed by atoms with van der Waals surface area (Å²) in [5, 5.41) is 0.937. The molecule has 8 heteroatoms. The van der Waals surface area contributed by atoms with Crippen LogP contribution < -0.4 is 4.90 Å². The molecular weight excluding hydrogens is 459 g/mol. The Morgan fingerprint density at radius 3 is 2.58 bits per heavy atom. The van der Waals surface area contributed by atoms with Gasteiger partial charge < -0.3 is 4.90 Å². The van der Waals surface area contributed by atoms with Crippen LogP contribution in [-0.2, 0) is 11.2 Å². The van der Waals surface area contributed by atoms with Gasteiger partial charge in [0.2, 0.25) is 0 Å². The van der Waals surface area contributed by atoms with E-state index in [1.54, 1.807) is 12.1 Å². The van der Waals surface area contributed by atoms with Crippen LogP contribution in [0.5, 0.6) is 0 Å². The Morgan fingerprint density at radius 1 is 1.06 bits per heavy atom. The molecule has 4 aromatic rings. The van der Waals surface area contributed by atoms with Gasteiger partial charge in [-0.2, -0.15) is 0 Å². The largest absolute Gasteiger partial charge is 0.383 e. The first kappa shape index (κ1) is 21.6. The van der Waals surface area contributed by atoms with Crippen LogP contribution >= 0.6 is 22.9 Å². The SMILES string of the molecule is CN(C)C=C1C(=O)CCc2c1sc1ncnc(N(c3ccccc3)c3ccc(F)c(Cl)c3)c21. The number of hydrogen-bond acceptors (Lipinski definition) is 6. The molecule has 0 fully saturated rings. The summed E-state index contributed by atoms with van der Waals surface area (Å²) in [5.41, 5.74) is 3.30. The molecule has 166 valence electrons. The minimum Gasteiger partial charge on any atom is -0.383 e. The highest BCUT2D eigenvalue weighted by Crippen LogP contribution is 2.46. The lowest BCUT2D eigenvalue weighted by Gasteiger charge is -2.25. The summed E-state index contributed by atoms with van der Waals surface area (Å²) in [5.74, 6) is 0.318. The first-order valence-corrected chi connectivity index (χ1v) is 11.6. The topological polar surface area (TPSA) is 49.3 Å². The van der Waals surface area contributed by atoms with Gasteiger partial charge in [0.1, 0.15) is 22.8 Å². The number of hydrogen-bond donors (Lipinski definition) is 0. The molecule has 1 aliphatic carbocycles. The Hall–Kier alpha value is -3.29. The van der Waals surface area contributed by atoms with Crippen LogP contribution in [0.25, 0.3) is 15.8 Å². The van der Waals surface area contributed by atoms with Crippen molar-refractivity contribution < 1.29 is 9.18 Å². The molecule has 5 rings (SSSR count). The van der Waals surface area contributed by atoms with Crippen LogP contribution in [0.15, 0.2) is 61.1 Å². The normalized spacial score (nSPS) is 14.5. The van der Waals surface area contributed by atoms with Gasteiger partial charge >= 0.3 is 0 Å². The van der Waals surface area contributed by atoms with Crippen molar-refractivity contribution in [1.82, 2.24) is 14.9 Å². The molecule has 0 saturated heterocycles. The van der Waals surface area contributed by atoms with E-state index in [9.17, 15) is 9.18 Å². The number of halogens is 2. The second-order valence-corrected chi connectivity index (χ2v) is 9.39. The Morgan fingerprint density at radius 2 is 1.85 bits per heavy atom. The van der Waals surface area contributed by atoms with Crippen molar-refractivity contribution in [2.45, 2.75) is 12.8 Å². The number of carbonyl (C=O) groups excluding carboxylic acids is 1. The number of rotatable bonds is 4. The summed E-state index contributed by atoms with van der Waals surface area (Å²) in [6.45, 7) is 0. The van der Waals surface area contributed by atoms with Gasteiger partial charge in [0, 0.05) is 43.0 Å². The molecule has 0 atom stereocenters. The lowest BCUT2D eigenvalue weighted by Crippen LogP contribution is -2.15. The molecule has 0 aliphatic heterocycles. The van der Waals surface area contributed by atoms with Crippen molar-refractivity contribution in [2.75, 3.05) is 19.0 Å². The highest BCUT2D eigenvalue weighted by molar-refractivity contribution is 7.20. The number of thiophene rings is 1. The van der Waals surface area contributed by atoms with E-state index in [0.717, 1.165) is 26.3 Å². The molecule has 0 spiro atoms. The zero-order chi connectivity index (χ0) is 23.1. The quantitative estimate of drug-likeness (QED) is 0.319. The molecular formula is C25H20ClFN4OS. The van der Waals surface area contributed by atoms with E-state index < -0.39 is 5.82 Å². The van der Waals surface area contributed by atoms with Gasteiger partial charge in [-0.25, -0.2) is 14.4 Å². The second-order valence-electron chi connectivity index (χ2n) is 7.99. The number of benzene rings is 2. The monoisotopic (exact) mass is 478 g/mol. The molecule has 2 heterocycles. The maximum absolute atomic E-state index is 14.0. The lowest BCUT2D eigenvalue weighted by atomic mass is 9.92. The smallest absolute Gasteiger partial charge is 0.166 e. The Kier molecular flexibility index (Phi) is 5.60. The molecule has 33 heavy (non-hydrogen) atoms. The first-order valence-electron chi connectivity index (χ1n) is 10.4. The number of Topliss-reactive ketones (excluding diaryl/α,β-unsaturated/α-hetero) is 1. The summed E-state index contributed by atoms with van der Waals surface area (Å²) in [6.07, 6.45) is 4.45. The summed E-state index contributed by atoms with van der Waals surface area (Å²) in [6, 6.07) is 14.4. The van der Waals surface area contributed by atoms with Crippen molar-refractivity contribution in [2.24, 2.45) is 0 Å². The molecule has 0 bridgehead atoms. The lowest BCUT2D eigenvalue weighted by molar-refractivity contribution is -0.113. The summed E-state index contributed by atoms with van der Waals surface area (Å²) >= 11 is 7.65. The van der Waals surface area contributed by atoms with Crippen LogP contribution in [-0.4, -0.2) is 34.7 Å². The summed E-state index contributed by atoms with van der Waals surface area (Å²) in [4.78, 5) is 27.5. The molecule has 0 amide bonds. The number of para-hydroxylation sites is 1. The van der Waals surface area contributed by atoms with Crippen molar-refractivity contribution >= 4 is 61.7 Å². The van der Waals surface area contributed by atoms with Crippen molar-refractivity contribution in [3.05, 3.63) is 82.3 Å². The van der Waals surface area contributed by atoms with E-state index in [1.807, 2.05) is 60.4 Å². The van der Waals surface area contributed by atoms with Gasteiger partial charge in [-0.05, 0) is 42.3 Å². The highest BCUT2D eigenvalue weighted by atomic mass is 35.5. The van der Waals surface area contributed by atoms with Crippen molar-refractivity contribution in [3.63, 3.8) is 0 Å². The molecule has 2 aromatic carbocycles. The van der Waals surface area contributed by atoms with E-state index in [1.165, 1.54) is 23.7 Å². The van der Waals surface area contributed by atoms with Crippen LogP contribution in [0.1, 0.15) is 16.9 Å². The standard InChI is InChI=1S/C25H20ClFN4OS/c1-30(2)13-18-21(32)11-9-17-22-24(28-14-29-25(22)33-23(17)18)31(15-6-4-3-5-7-15)16-8-10-20(27)19(26)12-16/h3-8,10,12-14H,9,11H2,1-2H3. The minimum absolute atomic E-state index is 0.0351. The number of carbonyl (C=O) groups is 1. The Labute approximate surface area is 199 Å². The number of ketones is 1. The van der Waals surface area contributed by atoms with E-state index in [0.29, 0.717) is 29.9 Å². The molecule has 0 N–H and O–H groups in total. The van der Waals surface area contributed by atoms with E-state index >= 15 is 0 Å². The third-order valence-corrected chi connectivity index (χ3v) is 6.95. The average Bonchev–Trinajstić information content (AvgIpc) is 3.18. The van der Waals surface area contributed by atoms with E-state index in [-0.39, 0.29) is 10.8 Å². The number of nitrogens with zero attached hydrogens (tertiary/aromatic N) is 4. The summed E-state index contributed by atoms with van der Waals surface area (Å²) < 4.78 is 14.0. The minimum atomic E-state index is -0.480. The van der Waals surface area contributed by atoms with Crippen LogP contribution in [0.2, 0.25) is 5.02 Å². The summed E-state index contributed by atoms with van der Waals surface area (Å²) in [7, 11) is 3.81. The molecule has 0 radical (unpaired) electrons. The first-order chi connectivity index (χ1) is 15.9. The van der Waals surface area contributed by atoms with E-state index in [4.69, 9.17) is 11.6 Å². The second kappa shape index (κ2) is 8.57. The van der Waals surface area contributed by atoms with Crippen LogP contribution in [0, 0.1) is 5.82 Å². The number of aromatic nitrogens is 2. The Balaban J connectivity index is 1.79. The molecule has 1 aliphatic rings. The third kappa shape index (κ3) is 3.87. The fraction of sp³-hybridized carbons (Fsp3) is 0.160. The number of aryl methyl sites for hydroxylation is 1. The van der Waals surface area contributed by atoms with Gasteiger partial charge in [0.05, 0.1) is 16.0 Å². The molecule has 5 nitrogen and oxygen atoms in total. The maximum atomic E-state index is 14.0. The van der Waals surface area contributed by atoms with Crippen molar-refractivity contribution in [3.8, 4) is 0 Å². The molecule has 0 saturated carbocycles. The molecule has 2 aromatic heterocycles. The predicted molar refractivity (Wildman–Crippen MR) is 132 cm³/mol. The van der Waals surface area contributed by atoms with Crippen LogP contribution in [0.3, 0.4) is 0 Å². The number of anilines is 3. The average molecular weight is 479 g/mol. The predicted octanol–water partition coefficient (Wildman–Crippen LogP) is 6.37. The van der Waals surface area contributed by atoms with Gasteiger partial charge in [0.25, 0.3) is 0 Å². The van der Waals surface area contributed by atoms with Crippen molar-refractivity contribution in [1.29, 1.82) is 0 Å². The highest BCUT2D eigenvalue weighted by Gasteiger charge is 2.30. The number of allylic oxidation sites excluding steroid dienone is 1. The third-order valence-electron chi connectivity index (χ3n) is 5.49. The zero-order valence-corrected chi connectivity index (χ0v) is 19.6. The van der Waals surface area contributed by atoms with E-state index in [2.05, 4.69) is 9.97 Å². The van der Waals surface area contributed by atoms with Gasteiger partial charge in [-0.1, -0.05) is 29.8 Å². The van der Waals surface area contributed by atoms with Crippen LogP contribution in [0.4, 0.5) is 21.6 Å². The molecule has 0 unspecified atom stereocenters. The van der Waals surface area contributed by atoms with Gasteiger partial charge in [-0.15, -0.1) is 11.3 Å². The maximum Gasteiger partial charge on any atom is 0.166 e. The van der Waals surface area contributed by atoms with Gasteiger partial charge in [0.15, 0.2) is 5.78 Å². The fourth-order valence-corrected chi connectivity index (χ4v) is 5.47. The number of fused-ring (bicyclic) bond motifs is 3. The zero-order valence-electron chi connectivity index (χ0n) is 18.0. The Bertz CT molecular complexity index is 1400. The van der Waals surface area contributed by atoms with Gasteiger partial charge in [-0.3, -0.25) is 9.69 Å².